The lowest BCUT2D eigenvalue weighted by molar-refractivity contribution is 0.112. The average Bonchev–Trinajstić information content (AvgIpc) is 2.40. The highest BCUT2D eigenvalue weighted by molar-refractivity contribution is 5.83. The van der Waals surface area contributed by atoms with Crippen molar-refractivity contribution in [3.05, 3.63) is 47.8 Å². The van der Waals surface area contributed by atoms with E-state index in [1.165, 1.54) is 37.4 Å². The van der Waals surface area contributed by atoms with Crippen molar-refractivity contribution in [1.29, 1.82) is 0 Å². The molecule has 0 saturated carbocycles. The van der Waals surface area contributed by atoms with Gasteiger partial charge in [-0.25, -0.2) is 4.39 Å². The van der Waals surface area contributed by atoms with Gasteiger partial charge in [0.25, 0.3) is 0 Å². The summed E-state index contributed by atoms with van der Waals surface area (Å²) in [6.07, 6.45) is 0.525. The lowest BCUT2D eigenvalue weighted by atomic mass is 10.0. The van der Waals surface area contributed by atoms with Crippen molar-refractivity contribution in [3.8, 4) is 22.6 Å². The number of benzene rings is 2. The number of aldehydes is 1. The Balaban J connectivity index is 2.57. The summed E-state index contributed by atoms with van der Waals surface area (Å²) in [6, 6.07) is 8.68. The van der Waals surface area contributed by atoms with E-state index in [0.717, 1.165) is 0 Å². The molecule has 4 heteroatoms. The van der Waals surface area contributed by atoms with Crippen LogP contribution in [0, 0.1) is 5.82 Å². The largest absolute Gasteiger partial charge is 0.507 e. The number of halogens is 1. The molecule has 92 valence electrons. The molecule has 0 aliphatic rings. The van der Waals surface area contributed by atoms with Gasteiger partial charge in [0.15, 0.2) is 6.29 Å². The van der Waals surface area contributed by atoms with Crippen LogP contribution in [-0.4, -0.2) is 18.5 Å². The van der Waals surface area contributed by atoms with E-state index in [1.807, 2.05) is 0 Å². The zero-order valence-corrected chi connectivity index (χ0v) is 9.68. The molecule has 2 rings (SSSR count). The Morgan fingerprint density at radius 2 is 2.00 bits per heavy atom. The molecule has 0 aliphatic carbocycles. The summed E-state index contributed by atoms with van der Waals surface area (Å²) in [4.78, 5) is 10.7. The van der Waals surface area contributed by atoms with Crippen LogP contribution in [-0.2, 0) is 0 Å². The molecule has 0 heterocycles. The first-order valence-electron chi connectivity index (χ1n) is 5.28. The monoisotopic (exact) mass is 246 g/mol. The SMILES string of the molecule is COc1ccc(F)c(-c2ccc(O)c(C=O)c2)c1. The van der Waals surface area contributed by atoms with E-state index in [2.05, 4.69) is 0 Å². The molecule has 0 aromatic heterocycles. The number of phenols is 1. The second kappa shape index (κ2) is 4.87. The number of aromatic hydroxyl groups is 1. The van der Waals surface area contributed by atoms with Gasteiger partial charge in [-0.1, -0.05) is 6.07 Å². The Morgan fingerprint density at radius 1 is 1.22 bits per heavy atom. The number of hydrogen-bond acceptors (Lipinski definition) is 3. The minimum Gasteiger partial charge on any atom is -0.507 e. The van der Waals surface area contributed by atoms with Gasteiger partial charge in [-0.2, -0.15) is 0 Å². The molecule has 18 heavy (non-hydrogen) atoms. The number of phenolic OH excluding ortho intramolecular Hbond substituents is 1. The highest BCUT2D eigenvalue weighted by atomic mass is 19.1. The van der Waals surface area contributed by atoms with Gasteiger partial charge in [0.1, 0.15) is 17.3 Å². The van der Waals surface area contributed by atoms with Gasteiger partial charge < -0.3 is 9.84 Å². The third kappa shape index (κ3) is 2.18. The molecular weight excluding hydrogens is 235 g/mol. The van der Waals surface area contributed by atoms with E-state index >= 15 is 0 Å². The molecule has 0 aliphatic heterocycles. The topological polar surface area (TPSA) is 46.5 Å². The molecule has 3 nitrogen and oxygen atoms in total. The Kier molecular flexibility index (Phi) is 3.28. The van der Waals surface area contributed by atoms with Crippen LogP contribution < -0.4 is 4.74 Å². The average molecular weight is 246 g/mol. The second-order valence-corrected chi connectivity index (χ2v) is 3.74. The summed E-state index contributed by atoms with van der Waals surface area (Å²) in [6.45, 7) is 0. The first-order chi connectivity index (χ1) is 8.65. The number of rotatable bonds is 3. The van der Waals surface area contributed by atoms with Crippen LogP contribution in [0.3, 0.4) is 0 Å². The van der Waals surface area contributed by atoms with E-state index in [-0.39, 0.29) is 11.3 Å². The minimum absolute atomic E-state index is 0.120. The summed E-state index contributed by atoms with van der Waals surface area (Å²) in [7, 11) is 1.49. The van der Waals surface area contributed by atoms with Crippen LogP contribution in [0.5, 0.6) is 11.5 Å². The fraction of sp³-hybridized carbons (Fsp3) is 0.0714. The Bertz CT molecular complexity index is 594. The molecule has 0 spiro atoms. The van der Waals surface area contributed by atoms with Gasteiger partial charge in [-0.05, 0) is 35.9 Å². The van der Waals surface area contributed by atoms with Crippen molar-refractivity contribution in [1.82, 2.24) is 0 Å². The van der Waals surface area contributed by atoms with E-state index in [0.29, 0.717) is 23.2 Å². The molecule has 0 amide bonds. The molecule has 1 N–H and O–H groups in total. The van der Waals surface area contributed by atoms with E-state index in [1.54, 1.807) is 6.07 Å². The number of methoxy groups -OCH3 is 1. The van der Waals surface area contributed by atoms with Gasteiger partial charge in [0.05, 0.1) is 12.7 Å². The first kappa shape index (κ1) is 12.1. The maximum atomic E-state index is 13.7. The number of carbonyl (C=O) groups excluding carboxylic acids is 1. The smallest absolute Gasteiger partial charge is 0.153 e. The highest BCUT2D eigenvalue weighted by Crippen LogP contribution is 2.29. The molecule has 0 bridgehead atoms. The number of carbonyl (C=O) groups is 1. The van der Waals surface area contributed by atoms with Gasteiger partial charge in [0, 0.05) is 5.56 Å². The lowest BCUT2D eigenvalue weighted by Crippen LogP contribution is -1.90. The molecular formula is C14H11FO3. The number of hydrogen-bond donors (Lipinski definition) is 1. The quantitative estimate of drug-likeness (QED) is 0.847. The van der Waals surface area contributed by atoms with E-state index < -0.39 is 5.82 Å². The summed E-state index contributed by atoms with van der Waals surface area (Å²) in [5, 5.41) is 9.40. The zero-order chi connectivity index (χ0) is 13.1. The Morgan fingerprint density at radius 3 is 2.67 bits per heavy atom. The predicted octanol–water partition coefficient (Wildman–Crippen LogP) is 3.02. The lowest BCUT2D eigenvalue weighted by Gasteiger charge is -2.07. The molecule has 0 fully saturated rings. The predicted molar refractivity (Wildman–Crippen MR) is 65.4 cm³/mol. The van der Waals surface area contributed by atoms with Gasteiger partial charge >= 0.3 is 0 Å². The van der Waals surface area contributed by atoms with E-state index in [9.17, 15) is 14.3 Å². The standard InChI is InChI=1S/C14H11FO3/c1-18-11-3-4-13(15)12(7-11)9-2-5-14(17)10(6-9)8-16/h2-8,17H,1H3. The van der Waals surface area contributed by atoms with Crippen LogP contribution in [0.15, 0.2) is 36.4 Å². The maximum Gasteiger partial charge on any atom is 0.153 e. The van der Waals surface area contributed by atoms with Crippen LogP contribution in [0.1, 0.15) is 10.4 Å². The summed E-state index contributed by atoms with van der Waals surface area (Å²) >= 11 is 0. The van der Waals surface area contributed by atoms with E-state index in [4.69, 9.17) is 4.74 Å². The van der Waals surface area contributed by atoms with Crippen molar-refractivity contribution < 1.29 is 19.0 Å². The molecule has 2 aromatic carbocycles. The fourth-order valence-corrected chi connectivity index (χ4v) is 1.67. The Hall–Kier alpha value is -2.36. The summed E-state index contributed by atoms with van der Waals surface area (Å²) in [5.74, 6) is -0.0254. The third-order valence-electron chi connectivity index (χ3n) is 2.64. The molecule has 0 radical (unpaired) electrons. The molecule has 0 atom stereocenters. The van der Waals surface area contributed by atoms with Crippen molar-refractivity contribution in [2.24, 2.45) is 0 Å². The third-order valence-corrected chi connectivity index (χ3v) is 2.64. The normalized spacial score (nSPS) is 10.1. The van der Waals surface area contributed by atoms with Crippen LogP contribution >= 0.6 is 0 Å². The van der Waals surface area contributed by atoms with Crippen LogP contribution in [0.2, 0.25) is 0 Å². The minimum atomic E-state index is -0.418. The highest BCUT2D eigenvalue weighted by Gasteiger charge is 2.09. The molecule has 0 unspecified atom stereocenters. The number of ether oxygens (including phenoxy) is 1. The second-order valence-electron chi connectivity index (χ2n) is 3.74. The maximum absolute atomic E-state index is 13.7. The van der Waals surface area contributed by atoms with Gasteiger partial charge in [-0.15, -0.1) is 0 Å². The van der Waals surface area contributed by atoms with Crippen molar-refractivity contribution in [3.63, 3.8) is 0 Å². The van der Waals surface area contributed by atoms with Gasteiger partial charge in [-0.3, -0.25) is 4.79 Å². The zero-order valence-electron chi connectivity index (χ0n) is 9.68. The fourth-order valence-electron chi connectivity index (χ4n) is 1.67. The van der Waals surface area contributed by atoms with Crippen molar-refractivity contribution in [2.75, 3.05) is 7.11 Å². The van der Waals surface area contributed by atoms with Crippen molar-refractivity contribution in [2.45, 2.75) is 0 Å². The van der Waals surface area contributed by atoms with Gasteiger partial charge in [0.2, 0.25) is 0 Å². The summed E-state index contributed by atoms with van der Waals surface area (Å²) in [5.41, 5.74) is 0.943. The van der Waals surface area contributed by atoms with Crippen LogP contribution in [0.4, 0.5) is 4.39 Å². The Labute approximate surface area is 103 Å². The first-order valence-corrected chi connectivity index (χ1v) is 5.28. The van der Waals surface area contributed by atoms with Crippen molar-refractivity contribution >= 4 is 6.29 Å². The summed E-state index contributed by atoms with van der Waals surface area (Å²) < 4.78 is 18.7. The molecule has 0 saturated heterocycles. The van der Waals surface area contributed by atoms with Crippen LogP contribution in [0.25, 0.3) is 11.1 Å². The molecule has 2 aromatic rings.